The molecule has 2 N–H and O–H groups in total. The van der Waals surface area contributed by atoms with Crippen molar-refractivity contribution in [1.29, 1.82) is 0 Å². The fraction of sp³-hybridized carbons (Fsp3) is 0.333. The third-order valence-corrected chi connectivity index (χ3v) is 3.26. The summed E-state index contributed by atoms with van der Waals surface area (Å²) < 4.78 is 5.18. The van der Waals surface area contributed by atoms with Crippen molar-refractivity contribution >= 4 is 17.5 Å². The molecule has 112 valence electrons. The summed E-state index contributed by atoms with van der Waals surface area (Å²) in [5, 5.41) is 15.9. The third-order valence-electron chi connectivity index (χ3n) is 3.02. The lowest BCUT2D eigenvalue weighted by Gasteiger charge is -2.11. The number of nitrogens with one attached hydrogen (secondary N) is 1. The molecule has 0 aliphatic carbocycles. The molecule has 21 heavy (non-hydrogen) atoms. The van der Waals surface area contributed by atoms with Crippen molar-refractivity contribution in [2.45, 2.75) is 25.8 Å². The van der Waals surface area contributed by atoms with E-state index < -0.39 is 0 Å². The average molecular weight is 309 g/mol. The Morgan fingerprint density at radius 1 is 1.48 bits per heavy atom. The van der Waals surface area contributed by atoms with E-state index in [0.717, 1.165) is 5.56 Å². The highest BCUT2D eigenvalue weighted by molar-refractivity contribution is 6.30. The van der Waals surface area contributed by atoms with Gasteiger partial charge in [0, 0.05) is 29.3 Å². The summed E-state index contributed by atoms with van der Waals surface area (Å²) in [6.45, 7) is 1.99. The fourth-order valence-electron chi connectivity index (χ4n) is 1.93. The predicted octanol–water partition coefficient (Wildman–Crippen LogP) is 2.89. The van der Waals surface area contributed by atoms with Gasteiger partial charge in [0.15, 0.2) is 11.5 Å². The summed E-state index contributed by atoms with van der Waals surface area (Å²) in [6.07, 6.45) is 1.36. The van der Waals surface area contributed by atoms with Crippen molar-refractivity contribution < 1.29 is 14.4 Å². The Hall–Kier alpha value is -1.85. The molecule has 0 fully saturated rings. The van der Waals surface area contributed by atoms with Gasteiger partial charge in [0.05, 0.1) is 0 Å². The Labute approximate surface area is 127 Å². The van der Waals surface area contributed by atoms with Gasteiger partial charge in [-0.15, -0.1) is 0 Å². The lowest BCUT2D eigenvalue weighted by Crippen LogP contribution is -2.32. The van der Waals surface area contributed by atoms with Crippen LogP contribution in [0.3, 0.4) is 0 Å². The lowest BCUT2D eigenvalue weighted by molar-refractivity contribution is 0.0927. The Bertz CT molecular complexity index is 612. The summed E-state index contributed by atoms with van der Waals surface area (Å²) in [7, 11) is 0. The zero-order valence-electron chi connectivity index (χ0n) is 11.7. The molecule has 1 unspecified atom stereocenters. The average Bonchev–Trinajstić information content (AvgIpc) is 2.95. The molecule has 2 aromatic rings. The zero-order chi connectivity index (χ0) is 15.2. The highest BCUT2D eigenvalue weighted by Crippen LogP contribution is 2.23. The van der Waals surface area contributed by atoms with Crippen LogP contribution < -0.4 is 5.32 Å². The molecule has 0 saturated heterocycles. The first kappa shape index (κ1) is 15.5. The van der Waals surface area contributed by atoms with Crippen LogP contribution in [-0.4, -0.2) is 28.8 Å². The van der Waals surface area contributed by atoms with E-state index in [0.29, 0.717) is 23.6 Å². The lowest BCUT2D eigenvalue weighted by atomic mass is 10.1. The first-order chi connectivity index (χ1) is 10.1. The van der Waals surface area contributed by atoms with E-state index in [2.05, 4.69) is 10.5 Å². The molecule has 6 heteroatoms. The number of aliphatic hydroxyl groups is 1. The fourth-order valence-corrected chi connectivity index (χ4v) is 2.12. The first-order valence-electron chi connectivity index (χ1n) is 6.74. The molecule has 1 atom stereocenters. The zero-order valence-corrected chi connectivity index (χ0v) is 12.4. The molecule has 1 heterocycles. The molecule has 2 rings (SSSR count). The van der Waals surface area contributed by atoms with Gasteiger partial charge < -0.3 is 14.9 Å². The number of aliphatic hydroxyl groups excluding tert-OH is 1. The summed E-state index contributed by atoms with van der Waals surface area (Å²) >= 11 is 5.92. The van der Waals surface area contributed by atoms with Crippen LogP contribution in [0.5, 0.6) is 0 Å². The van der Waals surface area contributed by atoms with Crippen LogP contribution in [0.25, 0.3) is 11.3 Å². The van der Waals surface area contributed by atoms with Crippen LogP contribution in [0.2, 0.25) is 5.02 Å². The minimum atomic E-state index is -0.294. The summed E-state index contributed by atoms with van der Waals surface area (Å²) in [5.41, 5.74) is 0.989. The number of hydrogen-bond donors (Lipinski definition) is 2. The molecule has 0 saturated carbocycles. The van der Waals surface area contributed by atoms with Crippen LogP contribution in [-0.2, 0) is 0 Å². The molecule has 0 bridgehead atoms. The number of halogens is 1. The summed E-state index contributed by atoms with van der Waals surface area (Å²) in [4.78, 5) is 12.0. The highest BCUT2D eigenvalue weighted by Gasteiger charge is 2.15. The van der Waals surface area contributed by atoms with Gasteiger partial charge >= 0.3 is 0 Å². The van der Waals surface area contributed by atoms with E-state index in [4.69, 9.17) is 21.2 Å². The highest BCUT2D eigenvalue weighted by atomic mass is 35.5. The van der Waals surface area contributed by atoms with E-state index in [-0.39, 0.29) is 24.2 Å². The standard InChI is InChI=1S/C15H17ClN2O3/c1-10(4-3-7-19)17-15(20)13-9-14(21-18-13)11-5-2-6-12(16)8-11/h2,5-6,8-10,19H,3-4,7H2,1H3,(H,17,20). The Morgan fingerprint density at radius 3 is 3.00 bits per heavy atom. The van der Waals surface area contributed by atoms with E-state index >= 15 is 0 Å². The van der Waals surface area contributed by atoms with Gasteiger partial charge in [0.2, 0.25) is 0 Å². The first-order valence-corrected chi connectivity index (χ1v) is 7.12. The van der Waals surface area contributed by atoms with Gasteiger partial charge in [-0.1, -0.05) is 28.9 Å². The van der Waals surface area contributed by atoms with Crippen molar-refractivity contribution in [2.75, 3.05) is 6.61 Å². The van der Waals surface area contributed by atoms with Crippen LogP contribution in [0.15, 0.2) is 34.9 Å². The van der Waals surface area contributed by atoms with Gasteiger partial charge in [-0.2, -0.15) is 0 Å². The topological polar surface area (TPSA) is 75.4 Å². The molecule has 0 aliphatic heterocycles. The second kappa shape index (κ2) is 7.24. The van der Waals surface area contributed by atoms with E-state index in [1.165, 1.54) is 0 Å². The normalized spacial score (nSPS) is 12.1. The third kappa shape index (κ3) is 4.31. The van der Waals surface area contributed by atoms with Crippen molar-refractivity contribution in [3.8, 4) is 11.3 Å². The van der Waals surface area contributed by atoms with Crippen LogP contribution in [0.4, 0.5) is 0 Å². The van der Waals surface area contributed by atoms with Gasteiger partial charge in [-0.3, -0.25) is 4.79 Å². The van der Waals surface area contributed by atoms with Gasteiger partial charge in [0.1, 0.15) is 0 Å². The molecule has 5 nitrogen and oxygen atoms in total. The summed E-state index contributed by atoms with van der Waals surface area (Å²) in [5.74, 6) is 0.197. The maximum Gasteiger partial charge on any atom is 0.273 e. The molecule has 0 aliphatic rings. The number of rotatable bonds is 6. The number of nitrogens with zero attached hydrogens (tertiary/aromatic N) is 1. The van der Waals surface area contributed by atoms with Gasteiger partial charge in [0.25, 0.3) is 5.91 Å². The molecule has 0 spiro atoms. The summed E-state index contributed by atoms with van der Waals surface area (Å²) in [6, 6.07) is 8.69. The smallest absolute Gasteiger partial charge is 0.273 e. The number of aromatic nitrogens is 1. The van der Waals surface area contributed by atoms with Gasteiger partial charge in [-0.25, -0.2) is 0 Å². The van der Waals surface area contributed by atoms with E-state index in [1.807, 2.05) is 13.0 Å². The quantitative estimate of drug-likeness (QED) is 0.860. The van der Waals surface area contributed by atoms with Crippen molar-refractivity contribution in [3.63, 3.8) is 0 Å². The maximum atomic E-state index is 12.0. The molecule has 1 aromatic carbocycles. The number of benzene rings is 1. The van der Waals surface area contributed by atoms with Crippen LogP contribution in [0, 0.1) is 0 Å². The van der Waals surface area contributed by atoms with E-state index in [1.54, 1.807) is 24.3 Å². The van der Waals surface area contributed by atoms with Crippen molar-refractivity contribution in [3.05, 3.63) is 41.0 Å². The second-order valence-electron chi connectivity index (χ2n) is 4.83. The second-order valence-corrected chi connectivity index (χ2v) is 5.26. The minimum Gasteiger partial charge on any atom is -0.396 e. The van der Waals surface area contributed by atoms with Crippen LogP contribution >= 0.6 is 11.6 Å². The SMILES string of the molecule is CC(CCCO)NC(=O)c1cc(-c2cccc(Cl)c2)on1. The largest absolute Gasteiger partial charge is 0.396 e. The van der Waals surface area contributed by atoms with Crippen molar-refractivity contribution in [2.24, 2.45) is 0 Å². The monoisotopic (exact) mass is 308 g/mol. The van der Waals surface area contributed by atoms with E-state index in [9.17, 15) is 4.79 Å². The molecular formula is C15H17ClN2O3. The molecule has 1 amide bonds. The molecule has 0 radical (unpaired) electrons. The minimum absolute atomic E-state index is 0.0315. The van der Waals surface area contributed by atoms with Gasteiger partial charge in [-0.05, 0) is 31.9 Å². The Balaban J connectivity index is 2.04. The number of hydrogen-bond acceptors (Lipinski definition) is 4. The number of carbonyl (C=O) groups excluding carboxylic acids is 1. The Kier molecular flexibility index (Phi) is 5.36. The van der Waals surface area contributed by atoms with Crippen LogP contribution in [0.1, 0.15) is 30.3 Å². The Morgan fingerprint density at radius 2 is 2.29 bits per heavy atom. The number of carbonyl (C=O) groups is 1. The number of amides is 1. The van der Waals surface area contributed by atoms with Crippen molar-refractivity contribution in [1.82, 2.24) is 10.5 Å². The maximum absolute atomic E-state index is 12.0. The predicted molar refractivity (Wildman–Crippen MR) is 80.2 cm³/mol. The molecule has 1 aromatic heterocycles. The molecular weight excluding hydrogens is 292 g/mol.